The number of benzene rings is 1. The quantitative estimate of drug-likeness (QED) is 0.796. The van der Waals surface area contributed by atoms with Gasteiger partial charge in [-0.25, -0.2) is 0 Å². The Bertz CT molecular complexity index is 223. The maximum absolute atomic E-state index is 5.36. The van der Waals surface area contributed by atoms with Gasteiger partial charge in [-0.3, -0.25) is 0 Å². The highest BCUT2D eigenvalue weighted by Crippen LogP contribution is 1.96. The van der Waals surface area contributed by atoms with Gasteiger partial charge in [0.1, 0.15) is 0 Å². The molecular formula is C12H19NO2. The number of nitrogens with two attached hydrogens (primary N) is 1. The lowest BCUT2D eigenvalue weighted by Crippen LogP contribution is -2.16. The third kappa shape index (κ3) is 6.23. The van der Waals surface area contributed by atoms with Crippen LogP contribution in [0.25, 0.3) is 0 Å². The van der Waals surface area contributed by atoms with Crippen LogP contribution in [0.15, 0.2) is 30.3 Å². The molecule has 0 radical (unpaired) electrons. The highest BCUT2D eigenvalue weighted by molar-refractivity contribution is 5.14. The van der Waals surface area contributed by atoms with Crippen molar-refractivity contribution in [2.45, 2.75) is 6.42 Å². The largest absolute Gasteiger partial charge is 0.377 e. The van der Waals surface area contributed by atoms with Crippen LogP contribution in [-0.2, 0) is 15.9 Å². The molecule has 15 heavy (non-hydrogen) atoms. The molecule has 0 spiro atoms. The maximum Gasteiger partial charge on any atom is 0.0701 e. The van der Waals surface area contributed by atoms with Gasteiger partial charge in [0.25, 0.3) is 0 Å². The van der Waals surface area contributed by atoms with Gasteiger partial charge in [-0.15, -0.1) is 0 Å². The first kappa shape index (κ1) is 12.2. The molecule has 3 nitrogen and oxygen atoms in total. The van der Waals surface area contributed by atoms with Gasteiger partial charge < -0.3 is 15.2 Å². The molecule has 1 aliphatic rings. The molecule has 0 saturated carbocycles. The highest BCUT2D eigenvalue weighted by atomic mass is 16.6. The first-order valence-electron chi connectivity index (χ1n) is 5.33. The Labute approximate surface area is 91.2 Å². The predicted molar refractivity (Wildman–Crippen MR) is 60.8 cm³/mol. The zero-order chi connectivity index (χ0) is 10.8. The van der Waals surface area contributed by atoms with Crippen LogP contribution in [0.1, 0.15) is 5.56 Å². The molecule has 2 rings (SSSR count). The average Bonchev–Trinajstić information content (AvgIpc) is 2.34. The Morgan fingerprint density at radius 1 is 0.933 bits per heavy atom. The zero-order valence-electron chi connectivity index (χ0n) is 9.02. The van der Waals surface area contributed by atoms with Crippen LogP contribution < -0.4 is 5.73 Å². The standard InChI is InChI=1S/C8H11N.C4H8O2/c9-7-6-8-4-2-1-3-5-8;1-2-6-4-3-5-1/h1-5H,6-7,9H2;1-4H2. The lowest BCUT2D eigenvalue weighted by molar-refractivity contribution is -0.0334. The fourth-order valence-corrected chi connectivity index (χ4v) is 1.25. The van der Waals surface area contributed by atoms with Crippen LogP contribution in [0.3, 0.4) is 0 Å². The van der Waals surface area contributed by atoms with Crippen molar-refractivity contribution in [3.63, 3.8) is 0 Å². The molecule has 1 aromatic rings. The van der Waals surface area contributed by atoms with E-state index < -0.39 is 0 Å². The van der Waals surface area contributed by atoms with E-state index in [-0.39, 0.29) is 0 Å². The monoisotopic (exact) mass is 209 g/mol. The molecule has 0 bridgehead atoms. The van der Waals surface area contributed by atoms with E-state index >= 15 is 0 Å². The molecule has 0 unspecified atom stereocenters. The minimum absolute atomic E-state index is 0.740. The predicted octanol–water partition coefficient (Wildman–Crippen LogP) is 1.22. The third-order valence-electron chi connectivity index (χ3n) is 2.02. The second-order valence-corrected chi connectivity index (χ2v) is 3.25. The number of rotatable bonds is 2. The summed E-state index contributed by atoms with van der Waals surface area (Å²) in [4.78, 5) is 0. The van der Waals surface area contributed by atoms with Gasteiger partial charge in [-0.1, -0.05) is 30.3 Å². The van der Waals surface area contributed by atoms with Crippen LogP contribution in [0.4, 0.5) is 0 Å². The van der Waals surface area contributed by atoms with E-state index in [1.54, 1.807) is 0 Å². The first-order valence-corrected chi connectivity index (χ1v) is 5.33. The van der Waals surface area contributed by atoms with E-state index in [0.29, 0.717) is 0 Å². The van der Waals surface area contributed by atoms with E-state index in [9.17, 15) is 0 Å². The summed E-state index contributed by atoms with van der Waals surface area (Å²) in [6.07, 6.45) is 0.987. The summed E-state index contributed by atoms with van der Waals surface area (Å²) >= 11 is 0. The fourth-order valence-electron chi connectivity index (χ4n) is 1.25. The van der Waals surface area contributed by atoms with Crippen LogP contribution in [0.5, 0.6) is 0 Å². The van der Waals surface area contributed by atoms with Crippen LogP contribution >= 0.6 is 0 Å². The van der Waals surface area contributed by atoms with Gasteiger partial charge in [0.15, 0.2) is 0 Å². The van der Waals surface area contributed by atoms with Crippen molar-refractivity contribution < 1.29 is 9.47 Å². The molecule has 0 aliphatic carbocycles. The smallest absolute Gasteiger partial charge is 0.0701 e. The van der Waals surface area contributed by atoms with Crippen molar-refractivity contribution in [3.8, 4) is 0 Å². The molecule has 1 heterocycles. The molecular weight excluding hydrogens is 190 g/mol. The van der Waals surface area contributed by atoms with Crippen molar-refractivity contribution in [2.75, 3.05) is 33.0 Å². The fraction of sp³-hybridized carbons (Fsp3) is 0.500. The molecule has 3 heteroatoms. The molecule has 1 aliphatic heterocycles. The number of ether oxygens (including phenoxy) is 2. The van der Waals surface area contributed by atoms with Gasteiger partial charge >= 0.3 is 0 Å². The summed E-state index contributed by atoms with van der Waals surface area (Å²) in [6.45, 7) is 3.85. The molecule has 84 valence electrons. The molecule has 1 saturated heterocycles. The molecule has 2 N–H and O–H groups in total. The van der Waals surface area contributed by atoms with E-state index in [0.717, 1.165) is 39.4 Å². The van der Waals surface area contributed by atoms with Gasteiger partial charge in [-0.2, -0.15) is 0 Å². The topological polar surface area (TPSA) is 44.5 Å². The maximum atomic E-state index is 5.36. The first-order chi connectivity index (χ1) is 7.43. The van der Waals surface area contributed by atoms with Gasteiger partial charge in [0, 0.05) is 0 Å². The minimum atomic E-state index is 0.740. The van der Waals surface area contributed by atoms with Crippen molar-refractivity contribution in [2.24, 2.45) is 5.73 Å². The molecule has 1 fully saturated rings. The Hall–Kier alpha value is -0.900. The normalized spacial score (nSPS) is 15.3. The van der Waals surface area contributed by atoms with Crippen LogP contribution in [0, 0.1) is 0 Å². The van der Waals surface area contributed by atoms with Gasteiger partial charge in [-0.05, 0) is 18.5 Å². The minimum Gasteiger partial charge on any atom is -0.377 e. The Morgan fingerprint density at radius 3 is 1.87 bits per heavy atom. The van der Waals surface area contributed by atoms with Crippen LogP contribution in [0.2, 0.25) is 0 Å². The molecule has 0 atom stereocenters. The Morgan fingerprint density at radius 2 is 1.47 bits per heavy atom. The lowest BCUT2D eigenvalue weighted by atomic mass is 10.2. The summed E-state index contributed by atoms with van der Waals surface area (Å²) in [5.74, 6) is 0. The summed E-state index contributed by atoms with van der Waals surface area (Å²) in [6, 6.07) is 10.3. The summed E-state index contributed by atoms with van der Waals surface area (Å²) < 4.78 is 9.89. The zero-order valence-corrected chi connectivity index (χ0v) is 9.02. The van der Waals surface area contributed by atoms with E-state index in [2.05, 4.69) is 12.1 Å². The highest BCUT2D eigenvalue weighted by Gasteiger charge is 1.94. The van der Waals surface area contributed by atoms with Crippen molar-refractivity contribution in [1.29, 1.82) is 0 Å². The summed E-state index contributed by atoms with van der Waals surface area (Å²) in [5, 5.41) is 0. The number of hydrogen-bond donors (Lipinski definition) is 1. The number of hydrogen-bond acceptors (Lipinski definition) is 3. The van der Waals surface area contributed by atoms with Crippen molar-refractivity contribution >= 4 is 0 Å². The second kappa shape index (κ2) is 8.41. The van der Waals surface area contributed by atoms with Gasteiger partial charge in [0.2, 0.25) is 0 Å². The Kier molecular flexibility index (Phi) is 6.83. The average molecular weight is 209 g/mol. The summed E-state index contributed by atoms with van der Waals surface area (Å²) in [7, 11) is 0. The van der Waals surface area contributed by atoms with E-state index in [1.807, 2.05) is 18.2 Å². The molecule has 0 amide bonds. The second-order valence-electron chi connectivity index (χ2n) is 3.25. The van der Waals surface area contributed by atoms with Crippen molar-refractivity contribution in [1.82, 2.24) is 0 Å². The third-order valence-corrected chi connectivity index (χ3v) is 2.02. The lowest BCUT2D eigenvalue weighted by Gasteiger charge is -2.09. The van der Waals surface area contributed by atoms with Crippen molar-refractivity contribution in [3.05, 3.63) is 35.9 Å². The van der Waals surface area contributed by atoms with E-state index in [1.165, 1.54) is 5.56 Å². The van der Waals surface area contributed by atoms with E-state index in [4.69, 9.17) is 15.2 Å². The molecule has 0 aromatic heterocycles. The SMILES string of the molecule is C1COCCO1.NCCc1ccccc1. The van der Waals surface area contributed by atoms with Gasteiger partial charge in [0.05, 0.1) is 26.4 Å². The Balaban J connectivity index is 0.000000162. The summed E-state index contributed by atoms with van der Waals surface area (Å²) in [5.41, 5.74) is 6.68. The molecule has 1 aromatic carbocycles. The van der Waals surface area contributed by atoms with Crippen LogP contribution in [-0.4, -0.2) is 33.0 Å².